The molecule has 18 heavy (non-hydrogen) atoms. The molecule has 0 spiro atoms. The fraction of sp³-hybridized carbons (Fsp3) is 0.500. The van der Waals surface area contributed by atoms with Crippen LogP contribution in [0, 0.1) is 0 Å². The predicted octanol–water partition coefficient (Wildman–Crippen LogP) is 1.74. The van der Waals surface area contributed by atoms with Crippen LogP contribution in [0.15, 0.2) is 23.2 Å². The second kappa shape index (κ2) is 5.34. The van der Waals surface area contributed by atoms with Gasteiger partial charge in [-0.15, -0.1) is 0 Å². The third-order valence-corrected chi connectivity index (χ3v) is 3.34. The topological polar surface area (TPSA) is 62.5 Å². The molecule has 0 radical (unpaired) electrons. The molecule has 0 aromatic carbocycles. The second-order valence-corrected chi connectivity index (χ2v) is 5.71. The van der Waals surface area contributed by atoms with Gasteiger partial charge in [0.2, 0.25) is 0 Å². The molecule has 0 amide bonds. The van der Waals surface area contributed by atoms with Gasteiger partial charge in [-0.3, -0.25) is 4.40 Å². The summed E-state index contributed by atoms with van der Waals surface area (Å²) in [5.41, 5.74) is 1.80. The van der Waals surface area contributed by atoms with Crippen molar-refractivity contribution in [2.75, 3.05) is 6.61 Å². The van der Waals surface area contributed by atoms with Crippen LogP contribution in [-0.4, -0.2) is 31.6 Å². The number of rotatable bonds is 5. The molecule has 2 aromatic heterocycles. The van der Waals surface area contributed by atoms with Crippen LogP contribution in [0.25, 0.3) is 5.65 Å². The lowest BCUT2D eigenvalue weighted by Gasteiger charge is -2.25. The molecule has 0 atom stereocenters. The first-order valence-electron chi connectivity index (χ1n) is 5.85. The maximum Gasteiger partial charge on any atom is 0.155 e. The van der Waals surface area contributed by atoms with Crippen molar-refractivity contribution in [3.63, 3.8) is 0 Å². The third-order valence-electron chi connectivity index (χ3n) is 2.93. The summed E-state index contributed by atoms with van der Waals surface area (Å²) in [5, 5.41) is 12.4. The van der Waals surface area contributed by atoms with Gasteiger partial charge in [0.1, 0.15) is 4.60 Å². The van der Waals surface area contributed by atoms with E-state index in [-0.39, 0.29) is 12.1 Å². The zero-order valence-electron chi connectivity index (χ0n) is 10.5. The second-order valence-electron chi connectivity index (χ2n) is 4.90. The van der Waals surface area contributed by atoms with Crippen LogP contribution < -0.4 is 5.32 Å². The maximum atomic E-state index is 9.00. The Kier molecular flexibility index (Phi) is 3.99. The molecule has 2 rings (SSSR count). The number of nitrogens with one attached hydrogen (secondary N) is 1. The molecule has 0 fully saturated rings. The molecule has 98 valence electrons. The van der Waals surface area contributed by atoms with Crippen LogP contribution in [0.1, 0.15) is 26.0 Å². The van der Waals surface area contributed by atoms with Crippen LogP contribution in [0.5, 0.6) is 0 Å². The average molecular weight is 313 g/mol. The minimum Gasteiger partial charge on any atom is -0.396 e. The fourth-order valence-electron chi connectivity index (χ4n) is 1.74. The minimum absolute atomic E-state index is 0.0941. The quantitative estimate of drug-likeness (QED) is 0.883. The van der Waals surface area contributed by atoms with E-state index in [1.807, 2.05) is 16.8 Å². The monoisotopic (exact) mass is 312 g/mol. The zero-order chi connectivity index (χ0) is 13.2. The standard InChI is InChI=1S/C12H17BrN4O/c1-12(2,3-4-18)16-6-9-5-15-11-7-14-10(13)8-17(9)11/h5,7-8,16,18H,3-4,6H2,1-2H3. The Bertz CT molecular complexity index is 538. The molecule has 2 heterocycles. The lowest BCUT2D eigenvalue weighted by Crippen LogP contribution is -2.39. The van der Waals surface area contributed by atoms with Crippen molar-refractivity contribution in [1.82, 2.24) is 19.7 Å². The van der Waals surface area contributed by atoms with E-state index in [1.165, 1.54) is 0 Å². The van der Waals surface area contributed by atoms with E-state index >= 15 is 0 Å². The molecule has 0 saturated carbocycles. The van der Waals surface area contributed by atoms with Crippen LogP contribution in [0.3, 0.4) is 0 Å². The van der Waals surface area contributed by atoms with Gasteiger partial charge in [0.05, 0.1) is 18.1 Å². The largest absolute Gasteiger partial charge is 0.396 e. The van der Waals surface area contributed by atoms with Crippen LogP contribution in [0.2, 0.25) is 0 Å². The molecular formula is C12H17BrN4O. The number of aliphatic hydroxyl groups is 1. The highest BCUT2D eigenvalue weighted by Crippen LogP contribution is 2.13. The molecule has 0 saturated heterocycles. The summed E-state index contributed by atoms with van der Waals surface area (Å²) in [5.74, 6) is 0. The van der Waals surface area contributed by atoms with Gasteiger partial charge < -0.3 is 10.4 Å². The number of hydrogen-bond donors (Lipinski definition) is 2. The van der Waals surface area contributed by atoms with Crippen molar-refractivity contribution in [2.24, 2.45) is 0 Å². The Balaban J connectivity index is 2.15. The van der Waals surface area contributed by atoms with Crippen molar-refractivity contribution in [3.8, 4) is 0 Å². The van der Waals surface area contributed by atoms with Gasteiger partial charge in [0.15, 0.2) is 5.65 Å². The van der Waals surface area contributed by atoms with E-state index in [9.17, 15) is 0 Å². The predicted molar refractivity (Wildman–Crippen MR) is 73.3 cm³/mol. The molecular weight excluding hydrogens is 296 g/mol. The number of nitrogens with zero attached hydrogens (tertiary/aromatic N) is 3. The van der Waals surface area contributed by atoms with Gasteiger partial charge in [-0.25, -0.2) is 9.97 Å². The van der Waals surface area contributed by atoms with Gasteiger partial charge in [-0.05, 0) is 36.2 Å². The molecule has 2 N–H and O–H groups in total. The van der Waals surface area contributed by atoms with E-state index in [4.69, 9.17) is 5.11 Å². The molecule has 0 unspecified atom stereocenters. The zero-order valence-corrected chi connectivity index (χ0v) is 12.1. The van der Waals surface area contributed by atoms with Crippen LogP contribution in [0.4, 0.5) is 0 Å². The summed E-state index contributed by atoms with van der Waals surface area (Å²) in [4.78, 5) is 8.44. The molecule has 6 heteroatoms. The highest BCUT2D eigenvalue weighted by Gasteiger charge is 2.16. The van der Waals surface area contributed by atoms with Gasteiger partial charge in [-0.2, -0.15) is 0 Å². The summed E-state index contributed by atoms with van der Waals surface area (Å²) < 4.78 is 2.78. The Morgan fingerprint density at radius 3 is 2.89 bits per heavy atom. The maximum absolute atomic E-state index is 9.00. The summed E-state index contributed by atoms with van der Waals surface area (Å²) in [6.45, 7) is 5.03. The lowest BCUT2D eigenvalue weighted by atomic mass is 10.0. The van der Waals surface area contributed by atoms with Gasteiger partial charge in [0.25, 0.3) is 0 Å². The van der Waals surface area contributed by atoms with E-state index in [1.54, 1.807) is 6.20 Å². The van der Waals surface area contributed by atoms with Gasteiger partial charge in [-0.1, -0.05) is 0 Å². The molecule has 0 aliphatic heterocycles. The van der Waals surface area contributed by atoms with Crippen molar-refractivity contribution >= 4 is 21.6 Å². The van der Waals surface area contributed by atoms with E-state index in [0.29, 0.717) is 6.54 Å². The van der Waals surface area contributed by atoms with Gasteiger partial charge >= 0.3 is 0 Å². The molecule has 2 aromatic rings. The number of fused-ring (bicyclic) bond motifs is 1. The number of halogens is 1. The number of hydrogen-bond acceptors (Lipinski definition) is 4. The minimum atomic E-state index is -0.0941. The first kappa shape index (κ1) is 13.5. The summed E-state index contributed by atoms with van der Waals surface area (Å²) >= 11 is 3.35. The summed E-state index contributed by atoms with van der Waals surface area (Å²) in [7, 11) is 0. The van der Waals surface area contributed by atoms with Crippen molar-refractivity contribution in [2.45, 2.75) is 32.4 Å². The van der Waals surface area contributed by atoms with Gasteiger partial charge in [0, 0.05) is 24.9 Å². The first-order chi connectivity index (χ1) is 8.52. The van der Waals surface area contributed by atoms with E-state index in [2.05, 4.69) is 45.1 Å². The highest BCUT2D eigenvalue weighted by atomic mass is 79.9. The normalized spacial score (nSPS) is 12.2. The highest BCUT2D eigenvalue weighted by molar-refractivity contribution is 9.10. The lowest BCUT2D eigenvalue weighted by molar-refractivity contribution is 0.229. The fourth-order valence-corrected chi connectivity index (χ4v) is 2.05. The SMILES string of the molecule is CC(C)(CCO)NCc1cnc2cnc(Br)cn12. The smallest absolute Gasteiger partial charge is 0.155 e. The Hall–Kier alpha value is -0.980. The third kappa shape index (κ3) is 3.07. The van der Waals surface area contributed by atoms with Crippen molar-refractivity contribution in [3.05, 3.63) is 28.9 Å². The molecule has 0 aliphatic rings. The average Bonchev–Trinajstić information content (AvgIpc) is 2.69. The first-order valence-corrected chi connectivity index (χ1v) is 6.64. The van der Waals surface area contributed by atoms with Crippen LogP contribution >= 0.6 is 15.9 Å². The number of imidazole rings is 1. The Labute approximate surface area is 114 Å². The summed E-state index contributed by atoms with van der Waals surface area (Å²) in [6.07, 6.45) is 6.19. The number of aliphatic hydroxyl groups excluding tert-OH is 1. The molecule has 0 aliphatic carbocycles. The van der Waals surface area contributed by atoms with E-state index < -0.39 is 0 Å². The summed E-state index contributed by atoms with van der Waals surface area (Å²) in [6, 6.07) is 0. The van der Waals surface area contributed by atoms with Crippen molar-refractivity contribution in [1.29, 1.82) is 0 Å². The Morgan fingerprint density at radius 2 is 2.17 bits per heavy atom. The van der Waals surface area contributed by atoms with Crippen LogP contribution in [-0.2, 0) is 6.54 Å². The Morgan fingerprint density at radius 1 is 1.39 bits per heavy atom. The van der Waals surface area contributed by atoms with E-state index in [0.717, 1.165) is 22.4 Å². The number of aromatic nitrogens is 3. The molecule has 5 nitrogen and oxygen atoms in total. The van der Waals surface area contributed by atoms with Crippen molar-refractivity contribution < 1.29 is 5.11 Å². The molecule has 0 bridgehead atoms.